The van der Waals surface area contributed by atoms with Crippen molar-refractivity contribution in [2.75, 3.05) is 18.0 Å². The maximum atomic E-state index is 13.3. The van der Waals surface area contributed by atoms with Gasteiger partial charge in [0.2, 0.25) is 11.8 Å². The molecule has 0 spiro atoms. The van der Waals surface area contributed by atoms with Gasteiger partial charge in [-0.2, -0.15) is 0 Å². The Hall–Kier alpha value is -2.62. The zero-order chi connectivity index (χ0) is 18.5. The van der Waals surface area contributed by atoms with E-state index in [9.17, 15) is 9.59 Å². The smallest absolute Gasteiger partial charge is 0.232 e. The molecule has 1 aliphatic rings. The highest BCUT2D eigenvalue weighted by atomic mass is 16.2. The SMILES string of the molecule is CC(C)CN1CC(C(=O)N(Cc2ccccc2)c2ccccc2)CC1=O. The first kappa shape index (κ1) is 18.2. The number of anilines is 1. The Bertz CT molecular complexity index is 743. The third-order valence-corrected chi connectivity index (χ3v) is 4.67. The standard InChI is InChI=1S/C22H26N2O2/c1-17(2)14-23-16-19(13-21(23)25)22(26)24(20-11-7-4-8-12-20)15-18-9-5-3-6-10-18/h3-12,17,19H,13-16H2,1-2H3. The van der Waals surface area contributed by atoms with Crippen molar-refractivity contribution in [1.82, 2.24) is 4.90 Å². The Kier molecular flexibility index (Phi) is 5.71. The Morgan fingerprint density at radius 2 is 1.69 bits per heavy atom. The summed E-state index contributed by atoms with van der Waals surface area (Å²) in [7, 11) is 0. The average Bonchev–Trinajstić information content (AvgIpc) is 3.01. The highest BCUT2D eigenvalue weighted by Crippen LogP contribution is 2.25. The van der Waals surface area contributed by atoms with Gasteiger partial charge < -0.3 is 9.80 Å². The van der Waals surface area contributed by atoms with Crippen LogP contribution < -0.4 is 4.90 Å². The molecule has 0 bridgehead atoms. The quantitative estimate of drug-likeness (QED) is 0.796. The molecule has 2 aromatic rings. The molecule has 3 rings (SSSR count). The molecule has 4 nitrogen and oxygen atoms in total. The van der Waals surface area contributed by atoms with Crippen molar-refractivity contribution in [3.05, 3.63) is 66.2 Å². The Labute approximate surface area is 155 Å². The van der Waals surface area contributed by atoms with Gasteiger partial charge in [-0.05, 0) is 23.6 Å². The minimum atomic E-state index is -0.273. The van der Waals surface area contributed by atoms with E-state index in [0.29, 0.717) is 32.0 Å². The van der Waals surface area contributed by atoms with E-state index in [1.54, 1.807) is 0 Å². The van der Waals surface area contributed by atoms with Gasteiger partial charge in [0.25, 0.3) is 0 Å². The Morgan fingerprint density at radius 1 is 1.08 bits per heavy atom. The van der Waals surface area contributed by atoms with Gasteiger partial charge in [-0.25, -0.2) is 0 Å². The van der Waals surface area contributed by atoms with E-state index in [4.69, 9.17) is 0 Å². The van der Waals surface area contributed by atoms with Crippen molar-refractivity contribution in [2.24, 2.45) is 11.8 Å². The van der Waals surface area contributed by atoms with Crippen molar-refractivity contribution >= 4 is 17.5 Å². The monoisotopic (exact) mass is 350 g/mol. The third-order valence-electron chi connectivity index (χ3n) is 4.67. The molecule has 2 aromatic carbocycles. The summed E-state index contributed by atoms with van der Waals surface area (Å²) in [5.41, 5.74) is 1.95. The van der Waals surface area contributed by atoms with E-state index in [1.165, 1.54) is 0 Å². The van der Waals surface area contributed by atoms with Crippen LogP contribution in [-0.2, 0) is 16.1 Å². The van der Waals surface area contributed by atoms with Crippen LogP contribution in [0, 0.1) is 11.8 Å². The summed E-state index contributed by atoms with van der Waals surface area (Å²) >= 11 is 0. The summed E-state index contributed by atoms with van der Waals surface area (Å²) < 4.78 is 0. The first-order chi connectivity index (χ1) is 12.5. The minimum Gasteiger partial charge on any atom is -0.342 e. The van der Waals surface area contributed by atoms with Crippen molar-refractivity contribution in [2.45, 2.75) is 26.8 Å². The van der Waals surface area contributed by atoms with Gasteiger partial charge in [0.1, 0.15) is 0 Å². The van der Waals surface area contributed by atoms with Crippen LogP contribution in [0.5, 0.6) is 0 Å². The summed E-state index contributed by atoms with van der Waals surface area (Å²) in [6.07, 6.45) is 0.309. The second-order valence-corrected chi connectivity index (χ2v) is 7.34. The first-order valence-corrected chi connectivity index (χ1v) is 9.22. The molecule has 1 atom stereocenters. The summed E-state index contributed by atoms with van der Waals surface area (Å²) in [6.45, 7) is 5.93. The largest absolute Gasteiger partial charge is 0.342 e. The van der Waals surface area contributed by atoms with Crippen LogP contribution in [0.15, 0.2) is 60.7 Å². The van der Waals surface area contributed by atoms with E-state index in [1.807, 2.05) is 70.5 Å². The molecule has 2 amide bonds. The van der Waals surface area contributed by atoms with Crippen LogP contribution in [-0.4, -0.2) is 29.8 Å². The van der Waals surface area contributed by atoms with Gasteiger partial charge in [0, 0.05) is 25.2 Å². The zero-order valence-corrected chi connectivity index (χ0v) is 15.5. The topological polar surface area (TPSA) is 40.6 Å². The number of amides is 2. The lowest BCUT2D eigenvalue weighted by atomic mass is 10.1. The molecular formula is C22H26N2O2. The molecule has 4 heteroatoms. The molecule has 1 aliphatic heterocycles. The lowest BCUT2D eigenvalue weighted by molar-refractivity contribution is -0.128. The van der Waals surface area contributed by atoms with E-state index < -0.39 is 0 Å². The maximum Gasteiger partial charge on any atom is 0.232 e. The molecule has 0 N–H and O–H groups in total. The molecule has 1 heterocycles. The number of likely N-dealkylation sites (tertiary alicyclic amines) is 1. The molecule has 0 aliphatic carbocycles. The molecule has 26 heavy (non-hydrogen) atoms. The molecule has 0 aromatic heterocycles. The molecular weight excluding hydrogens is 324 g/mol. The average molecular weight is 350 g/mol. The summed E-state index contributed by atoms with van der Waals surface area (Å²) in [4.78, 5) is 29.2. The van der Waals surface area contributed by atoms with Crippen LogP contribution in [0.4, 0.5) is 5.69 Å². The Balaban J connectivity index is 1.80. The highest BCUT2D eigenvalue weighted by Gasteiger charge is 2.37. The number of nitrogens with zero attached hydrogens (tertiary/aromatic N) is 2. The molecule has 1 unspecified atom stereocenters. The van der Waals surface area contributed by atoms with Gasteiger partial charge in [0.05, 0.1) is 12.5 Å². The van der Waals surface area contributed by atoms with Gasteiger partial charge in [0.15, 0.2) is 0 Å². The molecule has 136 valence electrons. The predicted molar refractivity (Wildman–Crippen MR) is 104 cm³/mol. The highest BCUT2D eigenvalue weighted by molar-refractivity contribution is 5.99. The van der Waals surface area contributed by atoms with Crippen LogP contribution in [0.25, 0.3) is 0 Å². The fourth-order valence-corrected chi connectivity index (χ4v) is 3.45. The van der Waals surface area contributed by atoms with Crippen LogP contribution in [0.2, 0.25) is 0 Å². The number of benzene rings is 2. The van der Waals surface area contributed by atoms with E-state index in [-0.39, 0.29) is 17.7 Å². The molecule has 1 fully saturated rings. The second-order valence-electron chi connectivity index (χ2n) is 7.34. The summed E-state index contributed by atoms with van der Waals surface area (Å²) in [5.74, 6) is 0.247. The van der Waals surface area contributed by atoms with E-state index in [0.717, 1.165) is 11.3 Å². The van der Waals surface area contributed by atoms with Gasteiger partial charge in [-0.3, -0.25) is 9.59 Å². The normalized spacial score (nSPS) is 17.0. The fraction of sp³-hybridized carbons (Fsp3) is 0.364. The van der Waals surface area contributed by atoms with Crippen LogP contribution in [0.3, 0.4) is 0 Å². The summed E-state index contributed by atoms with van der Waals surface area (Å²) in [5, 5.41) is 0. The third kappa shape index (κ3) is 4.31. The lowest BCUT2D eigenvalue weighted by Gasteiger charge is -2.26. The molecule has 0 saturated carbocycles. The fourth-order valence-electron chi connectivity index (χ4n) is 3.45. The first-order valence-electron chi connectivity index (χ1n) is 9.22. The number of carbonyl (C=O) groups is 2. The van der Waals surface area contributed by atoms with Crippen molar-refractivity contribution in [3.8, 4) is 0 Å². The van der Waals surface area contributed by atoms with Gasteiger partial charge in [-0.1, -0.05) is 62.4 Å². The number of hydrogen-bond donors (Lipinski definition) is 0. The van der Waals surface area contributed by atoms with E-state index >= 15 is 0 Å². The van der Waals surface area contributed by atoms with Crippen LogP contribution >= 0.6 is 0 Å². The number of para-hydroxylation sites is 1. The van der Waals surface area contributed by atoms with Crippen molar-refractivity contribution < 1.29 is 9.59 Å². The molecule has 0 radical (unpaired) electrons. The maximum absolute atomic E-state index is 13.3. The van der Waals surface area contributed by atoms with Crippen molar-refractivity contribution in [3.63, 3.8) is 0 Å². The lowest BCUT2D eigenvalue weighted by Crippen LogP contribution is -2.37. The van der Waals surface area contributed by atoms with Gasteiger partial charge >= 0.3 is 0 Å². The summed E-state index contributed by atoms with van der Waals surface area (Å²) in [6, 6.07) is 19.7. The van der Waals surface area contributed by atoms with Gasteiger partial charge in [-0.15, -0.1) is 0 Å². The molecule has 1 saturated heterocycles. The Morgan fingerprint density at radius 3 is 2.31 bits per heavy atom. The van der Waals surface area contributed by atoms with Crippen molar-refractivity contribution in [1.29, 1.82) is 0 Å². The van der Waals surface area contributed by atoms with Crippen LogP contribution in [0.1, 0.15) is 25.8 Å². The second kappa shape index (κ2) is 8.17. The number of rotatable bonds is 6. The number of hydrogen-bond acceptors (Lipinski definition) is 2. The van der Waals surface area contributed by atoms with E-state index in [2.05, 4.69) is 13.8 Å². The predicted octanol–water partition coefficient (Wildman–Crippen LogP) is 3.72. The zero-order valence-electron chi connectivity index (χ0n) is 15.5. The minimum absolute atomic E-state index is 0.0275. The number of carbonyl (C=O) groups excluding carboxylic acids is 2.